The molecule has 0 heterocycles. The fourth-order valence-electron chi connectivity index (χ4n) is 1.84. The molecule has 0 amide bonds. The lowest BCUT2D eigenvalue weighted by molar-refractivity contribution is -0.157. The normalized spacial score (nSPS) is 10.9. The highest BCUT2D eigenvalue weighted by atomic mass is 16.6. The van der Waals surface area contributed by atoms with E-state index in [0.29, 0.717) is 0 Å². The number of benzene rings is 1. The van der Waals surface area contributed by atoms with Crippen molar-refractivity contribution in [3.8, 4) is 0 Å². The highest BCUT2D eigenvalue weighted by Gasteiger charge is 2.27. The number of hydrogen-bond acceptors (Lipinski definition) is 5. The van der Waals surface area contributed by atoms with Crippen LogP contribution in [0.25, 0.3) is 0 Å². The maximum absolute atomic E-state index is 11.8. The van der Waals surface area contributed by atoms with Crippen LogP contribution in [0.3, 0.4) is 0 Å². The van der Waals surface area contributed by atoms with Gasteiger partial charge in [-0.15, -0.1) is 0 Å². The largest absolute Gasteiger partial charge is 0.465 e. The van der Waals surface area contributed by atoms with Crippen LogP contribution in [0.4, 0.5) is 5.69 Å². The SMILES string of the molecule is CCOC(=O)C(C=Nc1c(C)cccc1C)C(=O)OCC. The predicted octanol–water partition coefficient (Wildman–Crippen LogP) is 2.75. The van der Waals surface area contributed by atoms with Crippen molar-refractivity contribution in [2.24, 2.45) is 10.9 Å². The second-order valence-electron chi connectivity index (χ2n) is 4.50. The van der Waals surface area contributed by atoms with Gasteiger partial charge < -0.3 is 9.47 Å². The van der Waals surface area contributed by atoms with Gasteiger partial charge in [-0.1, -0.05) is 18.2 Å². The van der Waals surface area contributed by atoms with E-state index in [4.69, 9.17) is 9.47 Å². The zero-order valence-corrected chi connectivity index (χ0v) is 12.9. The quantitative estimate of drug-likeness (QED) is 0.459. The molecule has 0 aliphatic heterocycles. The number of nitrogens with zero attached hydrogens (tertiary/aromatic N) is 1. The van der Waals surface area contributed by atoms with Gasteiger partial charge in [0.1, 0.15) is 0 Å². The van der Waals surface area contributed by atoms with Gasteiger partial charge in [-0.25, -0.2) is 0 Å². The minimum absolute atomic E-state index is 0.200. The average Bonchev–Trinajstić information content (AvgIpc) is 2.42. The van der Waals surface area contributed by atoms with Gasteiger partial charge in [0, 0.05) is 6.21 Å². The lowest BCUT2D eigenvalue weighted by Gasteiger charge is -2.10. The monoisotopic (exact) mass is 291 g/mol. The van der Waals surface area contributed by atoms with E-state index in [1.54, 1.807) is 13.8 Å². The van der Waals surface area contributed by atoms with Crippen molar-refractivity contribution in [1.82, 2.24) is 0 Å². The first-order chi connectivity index (χ1) is 10.0. The third-order valence-electron chi connectivity index (χ3n) is 2.87. The van der Waals surface area contributed by atoms with Crippen LogP contribution in [0, 0.1) is 19.8 Å². The van der Waals surface area contributed by atoms with Crippen molar-refractivity contribution in [1.29, 1.82) is 0 Å². The maximum atomic E-state index is 11.8. The summed E-state index contributed by atoms with van der Waals surface area (Å²) >= 11 is 0. The van der Waals surface area contributed by atoms with Crippen LogP contribution in [0.5, 0.6) is 0 Å². The molecule has 0 fully saturated rings. The molecule has 0 atom stereocenters. The summed E-state index contributed by atoms with van der Waals surface area (Å²) in [6, 6.07) is 5.77. The first-order valence-corrected chi connectivity index (χ1v) is 6.94. The standard InChI is InChI=1S/C16H21NO4/c1-5-20-15(18)13(16(19)21-6-2)10-17-14-11(3)8-7-9-12(14)4/h7-10,13H,5-6H2,1-4H3. The molecular formula is C16H21NO4. The van der Waals surface area contributed by atoms with Crippen molar-refractivity contribution in [3.63, 3.8) is 0 Å². The van der Waals surface area contributed by atoms with E-state index >= 15 is 0 Å². The number of para-hydroxylation sites is 1. The molecule has 1 aromatic carbocycles. The van der Waals surface area contributed by atoms with Crippen LogP contribution >= 0.6 is 0 Å². The molecule has 0 aliphatic carbocycles. The van der Waals surface area contributed by atoms with Crippen LogP contribution in [-0.2, 0) is 19.1 Å². The number of esters is 2. The van der Waals surface area contributed by atoms with Crippen molar-refractivity contribution in [2.45, 2.75) is 27.7 Å². The van der Waals surface area contributed by atoms with Crippen LogP contribution in [-0.4, -0.2) is 31.4 Å². The van der Waals surface area contributed by atoms with Gasteiger partial charge in [-0.3, -0.25) is 14.6 Å². The number of rotatable bonds is 6. The summed E-state index contributed by atoms with van der Waals surface area (Å²) in [5, 5.41) is 0. The Morgan fingerprint density at radius 2 is 1.57 bits per heavy atom. The van der Waals surface area contributed by atoms with Crippen LogP contribution in [0.2, 0.25) is 0 Å². The summed E-state index contributed by atoms with van der Waals surface area (Å²) in [5.41, 5.74) is 2.69. The summed E-state index contributed by atoms with van der Waals surface area (Å²) in [6.45, 7) is 7.61. The fourth-order valence-corrected chi connectivity index (χ4v) is 1.84. The van der Waals surface area contributed by atoms with E-state index in [1.165, 1.54) is 6.21 Å². The zero-order chi connectivity index (χ0) is 15.8. The molecule has 0 bridgehead atoms. The van der Waals surface area contributed by atoms with Crippen LogP contribution in [0.15, 0.2) is 23.2 Å². The van der Waals surface area contributed by atoms with E-state index in [9.17, 15) is 9.59 Å². The molecule has 1 aromatic rings. The van der Waals surface area contributed by atoms with Crippen molar-refractivity contribution in [2.75, 3.05) is 13.2 Å². The van der Waals surface area contributed by atoms with Crippen molar-refractivity contribution < 1.29 is 19.1 Å². The third kappa shape index (κ3) is 4.70. The van der Waals surface area contributed by atoms with Crippen LogP contribution < -0.4 is 0 Å². The lowest BCUT2D eigenvalue weighted by Crippen LogP contribution is -2.29. The Labute approximate surface area is 125 Å². The molecule has 0 saturated carbocycles. The van der Waals surface area contributed by atoms with E-state index < -0.39 is 17.9 Å². The molecule has 0 unspecified atom stereocenters. The molecule has 21 heavy (non-hydrogen) atoms. The van der Waals surface area contributed by atoms with Gasteiger partial charge in [-0.2, -0.15) is 0 Å². The molecule has 0 aromatic heterocycles. The number of hydrogen-bond donors (Lipinski definition) is 0. The topological polar surface area (TPSA) is 65.0 Å². The summed E-state index contributed by atoms with van der Waals surface area (Å²) in [7, 11) is 0. The smallest absolute Gasteiger partial charge is 0.325 e. The molecule has 0 radical (unpaired) electrons. The molecule has 1 rings (SSSR count). The first kappa shape index (κ1) is 16.9. The molecule has 0 spiro atoms. The lowest BCUT2D eigenvalue weighted by atomic mass is 10.1. The average molecular weight is 291 g/mol. The number of aliphatic imine (C=N–C) groups is 1. The Hall–Kier alpha value is -2.17. The second-order valence-corrected chi connectivity index (χ2v) is 4.50. The predicted molar refractivity (Wildman–Crippen MR) is 80.8 cm³/mol. The molecule has 114 valence electrons. The number of carbonyl (C=O) groups excluding carboxylic acids is 2. The Kier molecular flexibility index (Phi) is 6.59. The van der Waals surface area contributed by atoms with Gasteiger partial charge in [0.05, 0.1) is 18.9 Å². The summed E-state index contributed by atoms with van der Waals surface area (Å²) in [5.74, 6) is -2.43. The van der Waals surface area contributed by atoms with Gasteiger partial charge in [0.25, 0.3) is 0 Å². The van der Waals surface area contributed by atoms with Gasteiger partial charge in [-0.05, 0) is 38.8 Å². The van der Waals surface area contributed by atoms with Crippen molar-refractivity contribution in [3.05, 3.63) is 29.3 Å². The molecule has 0 aliphatic rings. The summed E-state index contributed by atoms with van der Waals surface area (Å²) in [6.07, 6.45) is 1.30. The van der Waals surface area contributed by atoms with Gasteiger partial charge in [0.2, 0.25) is 0 Å². The molecular weight excluding hydrogens is 270 g/mol. The third-order valence-corrected chi connectivity index (χ3v) is 2.87. The molecule has 0 saturated heterocycles. The van der Waals surface area contributed by atoms with Gasteiger partial charge >= 0.3 is 11.9 Å². The molecule has 5 heteroatoms. The molecule has 5 nitrogen and oxygen atoms in total. The van der Waals surface area contributed by atoms with Crippen molar-refractivity contribution >= 4 is 23.8 Å². The van der Waals surface area contributed by atoms with E-state index in [1.807, 2.05) is 32.0 Å². The maximum Gasteiger partial charge on any atom is 0.325 e. The van der Waals surface area contributed by atoms with Gasteiger partial charge in [0.15, 0.2) is 5.92 Å². The Morgan fingerprint density at radius 3 is 2.00 bits per heavy atom. The van der Waals surface area contributed by atoms with E-state index in [0.717, 1.165) is 16.8 Å². The Morgan fingerprint density at radius 1 is 1.10 bits per heavy atom. The molecule has 0 N–H and O–H groups in total. The second kappa shape index (κ2) is 8.19. The van der Waals surface area contributed by atoms with Crippen LogP contribution in [0.1, 0.15) is 25.0 Å². The van der Waals surface area contributed by atoms with E-state index in [-0.39, 0.29) is 13.2 Å². The fraction of sp³-hybridized carbons (Fsp3) is 0.438. The highest BCUT2D eigenvalue weighted by molar-refractivity contribution is 6.09. The highest BCUT2D eigenvalue weighted by Crippen LogP contribution is 2.23. The Bertz CT molecular complexity index is 499. The number of aryl methyl sites for hydroxylation is 2. The minimum atomic E-state index is -1.14. The Balaban J connectivity index is 3.02. The zero-order valence-electron chi connectivity index (χ0n) is 12.9. The number of ether oxygens (including phenoxy) is 2. The minimum Gasteiger partial charge on any atom is -0.465 e. The van der Waals surface area contributed by atoms with E-state index in [2.05, 4.69) is 4.99 Å². The first-order valence-electron chi connectivity index (χ1n) is 6.94. The number of carbonyl (C=O) groups is 2. The summed E-state index contributed by atoms with van der Waals surface area (Å²) < 4.78 is 9.78. The summed E-state index contributed by atoms with van der Waals surface area (Å²) in [4.78, 5) is 28.0.